The van der Waals surface area contributed by atoms with Crippen LogP contribution in [-0.4, -0.2) is 45.5 Å². The fraction of sp³-hybridized carbons (Fsp3) is 0.800. The molecule has 1 fully saturated rings. The van der Waals surface area contributed by atoms with Crippen molar-refractivity contribution in [3.8, 4) is 0 Å². The van der Waals surface area contributed by atoms with E-state index in [1.807, 2.05) is 32.6 Å². The number of aromatic nitrogens is 2. The summed E-state index contributed by atoms with van der Waals surface area (Å²) in [7, 11) is 0. The summed E-state index contributed by atoms with van der Waals surface area (Å²) in [4.78, 5) is 31.8. The summed E-state index contributed by atoms with van der Waals surface area (Å²) < 4.78 is 5.22. The Bertz CT molecular complexity index is 616. The van der Waals surface area contributed by atoms with E-state index >= 15 is 0 Å². The molecule has 7 heteroatoms. The smallest absolute Gasteiger partial charge is 0.248 e. The number of aryl methyl sites for hydroxylation is 1. The first kappa shape index (κ1) is 21.4. The molecule has 0 aliphatic heterocycles. The van der Waals surface area contributed by atoms with Gasteiger partial charge in [0, 0.05) is 31.8 Å². The molecule has 1 aliphatic rings. The average molecular weight is 379 g/mol. The van der Waals surface area contributed by atoms with Gasteiger partial charge < -0.3 is 14.7 Å². The second-order valence-electron chi connectivity index (χ2n) is 7.72. The topological polar surface area (TPSA) is 88.3 Å². The number of carbonyl (C=O) groups excluding carboxylic acids is 2. The zero-order valence-electron chi connectivity index (χ0n) is 17.2. The molecule has 1 saturated carbocycles. The van der Waals surface area contributed by atoms with Crippen LogP contribution in [0, 0.1) is 0 Å². The van der Waals surface area contributed by atoms with Crippen LogP contribution in [0.25, 0.3) is 0 Å². The molecule has 0 saturated heterocycles. The first-order valence-electron chi connectivity index (χ1n) is 10.3. The van der Waals surface area contributed by atoms with Crippen molar-refractivity contribution in [3.05, 3.63) is 11.7 Å². The van der Waals surface area contributed by atoms with Crippen molar-refractivity contribution in [2.45, 2.75) is 90.5 Å². The lowest BCUT2D eigenvalue weighted by molar-refractivity contribution is -0.143. The van der Waals surface area contributed by atoms with E-state index in [1.54, 1.807) is 0 Å². The van der Waals surface area contributed by atoms with E-state index in [9.17, 15) is 9.59 Å². The van der Waals surface area contributed by atoms with Crippen LogP contribution in [0.5, 0.6) is 0 Å². The van der Waals surface area contributed by atoms with E-state index in [0.717, 1.165) is 32.1 Å². The number of nitrogens with zero attached hydrogens (tertiary/aromatic N) is 3. The van der Waals surface area contributed by atoms with Gasteiger partial charge >= 0.3 is 0 Å². The number of likely N-dealkylation sites (N-methyl/N-ethyl adjacent to an activating group) is 1. The quantitative estimate of drug-likeness (QED) is 0.713. The highest BCUT2D eigenvalue weighted by Gasteiger charge is 2.42. The summed E-state index contributed by atoms with van der Waals surface area (Å²) in [5.41, 5.74) is -0.726. The number of rotatable bonds is 9. The van der Waals surface area contributed by atoms with Gasteiger partial charge in [0.15, 0.2) is 5.82 Å². The van der Waals surface area contributed by atoms with Gasteiger partial charge in [0.1, 0.15) is 5.54 Å². The van der Waals surface area contributed by atoms with Crippen LogP contribution >= 0.6 is 0 Å². The SMILES string of the molecule is CCN(CC)C(=O)C1(NC(=O)CCCc2nc(C(C)C)no2)CCCCC1. The molecule has 0 unspecified atom stereocenters. The first-order chi connectivity index (χ1) is 12.9. The number of hydrogen-bond donors (Lipinski definition) is 1. The third-order valence-corrected chi connectivity index (χ3v) is 5.34. The van der Waals surface area contributed by atoms with Gasteiger partial charge in [-0.25, -0.2) is 0 Å². The highest BCUT2D eigenvalue weighted by molar-refractivity contribution is 5.91. The molecule has 2 amide bonds. The van der Waals surface area contributed by atoms with Crippen LogP contribution < -0.4 is 5.32 Å². The molecule has 0 atom stereocenters. The third-order valence-electron chi connectivity index (χ3n) is 5.34. The Morgan fingerprint density at radius 3 is 2.41 bits per heavy atom. The average Bonchev–Trinajstić information content (AvgIpc) is 3.12. The van der Waals surface area contributed by atoms with E-state index in [-0.39, 0.29) is 17.7 Å². The van der Waals surface area contributed by atoms with Crippen LogP contribution in [0.3, 0.4) is 0 Å². The minimum absolute atomic E-state index is 0.0685. The molecule has 0 radical (unpaired) electrons. The molecule has 0 bridgehead atoms. The third kappa shape index (κ3) is 5.53. The maximum absolute atomic E-state index is 13.1. The highest BCUT2D eigenvalue weighted by Crippen LogP contribution is 2.30. The standard InChI is InChI=1S/C20H34N4O3/c1-5-24(6-2)19(26)20(13-8-7-9-14-20)22-16(25)11-10-12-17-21-18(15(3)4)23-27-17/h15H,5-14H2,1-4H3,(H,22,25). The molecule has 1 heterocycles. The second-order valence-corrected chi connectivity index (χ2v) is 7.72. The maximum Gasteiger partial charge on any atom is 0.248 e. The van der Waals surface area contributed by atoms with E-state index in [0.29, 0.717) is 44.1 Å². The molecule has 0 spiro atoms. The van der Waals surface area contributed by atoms with E-state index < -0.39 is 5.54 Å². The molecular weight excluding hydrogens is 344 g/mol. The van der Waals surface area contributed by atoms with E-state index in [4.69, 9.17) is 4.52 Å². The summed E-state index contributed by atoms with van der Waals surface area (Å²) in [5.74, 6) is 1.49. The Morgan fingerprint density at radius 2 is 1.85 bits per heavy atom. The van der Waals surface area contributed by atoms with Gasteiger partial charge in [-0.2, -0.15) is 4.98 Å². The largest absolute Gasteiger partial charge is 0.342 e. The highest BCUT2D eigenvalue weighted by atomic mass is 16.5. The Balaban J connectivity index is 1.92. The summed E-state index contributed by atoms with van der Waals surface area (Å²) in [6.45, 7) is 9.33. The minimum atomic E-state index is -0.726. The predicted molar refractivity (Wildman–Crippen MR) is 103 cm³/mol. The zero-order valence-corrected chi connectivity index (χ0v) is 17.2. The number of carbonyl (C=O) groups is 2. The summed E-state index contributed by atoms with van der Waals surface area (Å²) in [6, 6.07) is 0. The molecule has 7 nitrogen and oxygen atoms in total. The van der Waals surface area contributed by atoms with Gasteiger partial charge in [-0.1, -0.05) is 38.3 Å². The van der Waals surface area contributed by atoms with Gasteiger partial charge in [-0.15, -0.1) is 0 Å². The van der Waals surface area contributed by atoms with Crippen LogP contribution in [0.2, 0.25) is 0 Å². The summed E-state index contributed by atoms with van der Waals surface area (Å²) >= 11 is 0. The van der Waals surface area contributed by atoms with Crippen molar-refractivity contribution in [1.29, 1.82) is 0 Å². The fourth-order valence-corrected chi connectivity index (χ4v) is 3.69. The first-order valence-corrected chi connectivity index (χ1v) is 10.3. The monoisotopic (exact) mass is 378 g/mol. The van der Waals surface area contributed by atoms with E-state index in [1.165, 1.54) is 0 Å². The molecule has 27 heavy (non-hydrogen) atoms. The van der Waals surface area contributed by atoms with Crippen molar-refractivity contribution >= 4 is 11.8 Å². The molecule has 0 aromatic carbocycles. The van der Waals surface area contributed by atoms with Crippen LogP contribution in [0.15, 0.2) is 4.52 Å². The fourth-order valence-electron chi connectivity index (χ4n) is 3.69. The van der Waals surface area contributed by atoms with Crippen molar-refractivity contribution < 1.29 is 14.1 Å². The molecule has 1 aromatic heterocycles. The molecule has 152 valence electrons. The zero-order chi connectivity index (χ0) is 19.9. The van der Waals surface area contributed by atoms with E-state index in [2.05, 4.69) is 15.5 Å². The molecule has 1 N–H and O–H groups in total. The normalized spacial score (nSPS) is 16.3. The van der Waals surface area contributed by atoms with Crippen LogP contribution in [0.4, 0.5) is 0 Å². The number of amides is 2. The molecule has 1 aromatic rings. The van der Waals surface area contributed by atoms with Gasteiger partial charge in [0.25, 0.3) is 0 Å². The van der Waals surface area contributed by atoms with Gasteiger partial charge in [0.2, 0.25) is 17.7 Å². The number of nitrogens with one attached hydrogen (secondary N) is 1. The van der Waals surface area contributed by atoms with Gasteiger partial charge in [-0.3, -0.25) is 9.59 Å². The lowest BCUT2D eigenvalue weighted by atomic mass is 9.80. The van der Waals surface area contributed by atoms with Crippen molar-refractivity contribution in [2.75, 3.05) is 13.1 Å². The summed E-state index contributed by atoms with van der Waals surface area (Å²) in [6.07, 6.45) is 6.10. The summed E-state index contributed by atoms with van der Waals surface area (Å²) in [5, 5.41) is 7.04. The Morgan fingerprint density at radius 1 is 1.19 bits per heavy atom. The van der Waals surface area contributed by atoms with Gasteiger partial charge in [-0.05, 0) is 33.1 Å². The minimum Gasteiger partial charge on any atom is -0.342 e. The lowest BCUT2D eigenvalue weighted by Crippen LogP contribution is -2.60. The van der Waals surface area contributed by atoms with Crippen LogP contribution in [0.1, 0.15) is 90.3 Å². The van der Waals surface area contributed by atoms with Crippen molar-refractivity contribution in [3.63, 3.8) is 0 Å². The second kappa shape index (κ2) is 9.85. The molecule has 2 rings (SSSR count). The Kier molecular flexibility index (Phi) is 7.80. The predicted octanol–water partition coefficient (Wildman–Crippen LogP) is 3.20. The molecule has 1 aliphatic carbocycles. The maximum atomic E-state index is 13.1. The van der Waals surface area contributed by atoms with Crippen LogP contribution in [-0.2, 0) is 16.0 Å². The Labute approximate surface area is 162 Å². The van der Waals surface area contributed by atoms with Crippen molar-refractivity contribution in [1.82, 2.24) is 20.4 Å². The number of hydrogen-bond acceptors (Lipinski definition) is 5. The Hall–Kier alpha value is -1.92. The lowest BCUT2D eigenvalue weighted by Gasteiger charge is -2.40. The van der Waals surface area contributed by atoms with Gasteiger partial charge in [0.05, 0.1) is 0 Å². The molecular formula is C20H34N4O3. The van der Waals surface area contributed by atoms with Crippen molar-refractivity contribution in [2.24, 2.45) is 0 Å².